The average molecular weight is 277 g/mol. The number of hydrogen-bond donors (Lipinski definition) is 1. The Bertz CT molecular complexity index is 450. The molecule has 0 bridgehead atoms. The number of ether oxygens (including phenoxy) is 1. The largest absolute Gasteiger partial charge is 0.444 e. The number of nitrogens with one attached hydrogen (secondary N) is 1. The highest BCUT2D eigenvalue weighted by atomic mass is 16.6. The van der Waals surface area contributed by atoms with Crippen LogP contribution >= 0.6 is 0 Å². The number of nitrogens with zero attached hydrogens (tertiary/aromatic N) is 2. The molecule has 0 saturated carbocycles. The summed E-state index contributed by atoms with van der Waals surface area (Å²) in [4.78, 5) is 17.8. The molecule has 1 saturated heterocycles. The molecule has 1 amide bonds. The lowest BCUT2D eigenvalue weighted by molar-refractivity contribution is 0.00430. The zero-order valence-electron chi connectivity index (χ0n) is 12.6. The van der Waals surface area contributed by atoms with Gasteiger partial charge in [-0.15, -0.1) is 0 Å². The quantitative estimate of drug-likeness (QED) is 0.921. The van der Waals surface area contributed by atoms with Gasteiger partial charge in [0.15, 0.2) is 0 Å². The van der Waals surface area contributed by atoms with Crippen LogP contribution in [-0.2, 0) is 4.74 Å². The molecule has 2 rings (SSSR count). The Morgan fingerprint density at radius 3 is 2.70 bits per heavy atom. The van der Waals surface area contributed by atoms with Crippen LogP contribution in [-0.4, -0.2) is 40.7 Å². The first-order chi connectivity index (χ1) is 9.35. The Hall–Kier alpha value is -1.62. The van der Waals surface area contributed by atoms with E-state index in [0.29, 0.717) is 19.1 Å². The number of hydrogen-bond acceptors (Lipinski definition) is 4. The SMILES string of the molecule is C[C@@H](NC1CN(C(=O)OC(C)(C)C)C1)c1ccccn1. The first-order valence-corrected chi connectivity index (χ1v) is 7.00. The van der Waals surface area contributed by atoms with Gasteiger partial charge in [0.2, 0.25) is 0 Å². The van der Waals surface area contributed by atoms with Crippen LogP contribution in [0.5, 0.6) is 0 Å². The van der Waals surface area contributed by atoms with Gasteiger partial charge in [0, 0.05) is 31.4 Å². The minimum atomic E-state index is -0.434. The minimum absolute atomic E-state index is 0.182. The predicted octanol–water partition coefficient (Wildman–Crippen LogP) is 2.35. The summed E-state index contributed by atoms with van der Waals surface area (Å²) in [6, 6.07) is 6.38. The molecule has 0 aliphatic carbocycles. The number of likely N-dealkylation sites (tertiary alicyclic amines) is 1. The van der Waals surface area contributed by atoms with E-state index in [9.17, 15) is 4.79 Å². The minimum Gasteiger partial charge on any atom is -0.444 e. The van der Waals surface area contributed by atoms with E-state index in [1.54, 1.807) is 11.1 Å². The maximum atomic E-state index is 11.8. The lowest BCUT2D eigenvalue weighted by atomic mass is 10.1. The van der Waals surface area contributed by atoms with E-state index in [4.69, 9.17) is 4.74 Å². The van der Waals surface area contributed by atoms with Crippen molar-refractivity contribution in [2.45, 2.75) is 45.4 Å². The van der Waals surface area contributed by atoms with Gasteiger partial charge < -0.3 is 15.0 Å². The first-order valence-electron chi connectivity index (χ1n) is 7.00. The van der Waals surface area contributed by atoms with Crippen molar-refractivity contribution in [3.63, 3.8) is 0 Å². The van der Waals surface area contributed by atoms with E-state index in [1.165, 1.54) is 0 Å². The van der Waals surface area contributed by atoms with E-state index < -0.39 is 5.60 Å². The zero-order chi connectivity index (χ0) is 14.8. The highest BCUT2D eigenvalue weighted by molar-refractivity contribution is 5.69. The summed E-state index contributed by atoms with van der Waals surface area (Å²) in [5.74, 6) is 0. The molecule has 0 spiro atoms. The maximum absolute atomic E-state index is 11.8. The van der Waals surface area contributed by atoms with E-state index in [0.717, 1.165) is 5.69 Å². The molecule has 1 aliphatic heterocycles. The highest BCUT2D eigenvalue weighted by Gasteiger charge is 2.34. The van der Waals surface area contributed by atoms with Crippen molar-refractivity contribution in [2.24, 2.45) is 0 Å². The van der Waals surface area contributed by atoms with Crippen LogP contribution in [0, 0.1) is 0 Å². The summed E-state index contributed by atoms with van der Waals surface area (Å²) in [6.45, 7) is 9.09. The fraction of sp³-hybridized carbons (Fsp3) is 0.600. The summed E-state index contributed by atoms with van der Waals surface area (Å²) in [7, 11) is 0. The molecule has 0 radical (unpaired) electrons. The van der Waals surface area contributed by atoms with E-state index in [2.05, 4.69) is 17.2 Å². The molecule has 5 nitrogen and oxygen atoms in total. The van der Waals surface area contributed by atoms with Crippen molar-refractivity contribution in [2.75, 3.05) is 13.1 Å². The van der Waals surface area contributed by atoms with Gasteiger partial charge in [0.25, 0.3) is 0 Å². The summed E-state index contributed by atoms with van der Waals surface area (Å²) < 4.78 is 5.33. The highest BCUT2D eigenvalue weighted by Crippen LogP contribution is 2.18. The van der Waals surface area contributed by atoms with Gasteiger partial charge in [-0.25, -0.2) is 4.79 Å². The number of pyridine rings is 1. The van der Waals surface area contributed by atoms with Crippen molar-refractivity contribution in [1.29, 1.82) is 0 Å². The lowest BCUT2D eigenvalue weighted by Gasteiger charge is -2.41. The molecule has 1 fully saturated rings. The van der Waals surface area contributed by atoms with Crippen molar-refractivity contribution in [3.05, 3.63) is 30.1 Å². The fourth-order valence-corrected chi connectivity index (χ4v) is 2.13. The van der Waals surface area contributed by atoms with Gasteiger partial charge in [0.05, 0.1) is 5.69 Å². The number of aromatic nitrogens is 1. The van der Waals surface area contributed by atoms with Crippen LogP contribution in [0.15, 0.2) is 24.4 Å². The Morgan fingerprint density at radius 2 is 2.15 bits per heavy atom. The number of rotatable bonds is 3. The number of amides is 1. The molecule has 0 aromatic carbocycles. The van der Waals surface area contributed by atoms with Gasteiger partial charge in [-0.05, 0) is 39.8 Å². The second-order valence-electron chi connectivity index (χ2n) is 6.23. The number of carbonyl (C=O) groups is 1. The Labute approximate surface area is 120 Å². The summed E-state index contributed by atoms with van der Waals surface area (Å²) in [5, 5.41) is 3.47. The normalized spacial score (nSPS) is 17.5. The second kappa shape index (κ2) is 5.79. The maximum Gasteiger partial charge on any atom is 0.410 e. The molecule has 20 heavy (non-hydrogen) atoms. The van der Waals surface area contributed by atoms with Gasteiger partial charge in [0.1, 0.15) is 5.60 Å². The monoisotopic (exact) mass is 277 g/mol. The average Bonchev–Trinajstić information content (AvgIpc) is 2.31. The third-order valence-electron chi connectivity index (χ3n) is 3.15. The lowest BCUT2D eigenvalue weighted by Crippen LogP contribution is -2.60. The van der Waals surface area contributed by atoms with E-state index in [1.807, 2.05) is 39.0 Å². The summed E-state index contributed by atoms with van der Waals surface area (Å²) in [6.07, 6.45) is 1.56. The second-order valence-corrected chi connectivity index (χ2v) is 6.23. The molecule has 5 heteroatoms. The standard InChI is InChI=1S/C15H23N3O2/c1-11(13-7-5-6-8-16-13)17-12-9-18(10-12)14(19)20-15(2,3)4/h5-8,11-12,17H,9-10H2,1-4H3/t11-/m1/s1. The molecule has 0 unspecified atom stereocenters. The van der Waals surface area contributed by atoms with Gasteiger partial charge >= 0.3 is 6.09 Å². The third-order valence-corrected chi connectivity index (χ3v) is 3.15. The molecule has 1 N–H and O–H groups in total. The molecule has 1 atom stereocenters. The molecule has 110 valence electrons. The first kappa shape index (κ1) is 14.8. The fourth-order valence-electron chi connectivity index (χ4n) is 2.13. The Balaban J connectivity index is 1.76. The predicted molar refractivity (Wildman–Crippen MR) is 77.4 cm³/mol. The van der Waals surface area contributed by atoms with Crippen LogP contribution < -0.4 is 5.32 Å². The van der Waals surface area contributed by atoms with Crippen molar-refractivity contribution in [1.82, 2.24) is 15.2 Å². The molecule has 2 heterocycles. The molecular formula is C15H23N3O2. The van der Waals surface area contributed by atoms with Crippen LogP contribution in [0.3, 0.4) is 0 Å². The van der Waals surface area contributed by atoms with Crippen molar-refractivity contribution in [3.8, 4) is 0 Å². The van der Waals surface area contributed by atoms with Crippen molar-refractivity contribution < 1.29 is 9.53 Å². The van der Waals surface area contributed by atoms with Crippen LogP contribution in [0.4, 0.5) is 4.79 Å². The van der Waals surface area contributed by atoms with Gasteiger partial charge in [-0.3, -0.25) is 4.98 Å². The molecule has 1 aromatic heterocycles. The van der Waals surface area contributed by atoms with Crippen LogP contribution in [0.2, 0.25) is 0 Å². The van der Waals surface area contributed by atoms with Crippen LogP contribution in [0.25, 0.3) is 0 Å². The van der Waals surface area contributed by atoms with Gasteiger partial charge in [-0.1, -0.05) is 6.07 Å². The molecule has 1 aliphatic rings. The Morgan fingerprint density at radius 1 is 1.45 bits per heavy atom. The smallest absolute Gasteiger partial charge is 0.410 e. The summed E-state index contributed by atoms with van der Waals surface area (Å²) >= 11 is 0. The zero-order valence-corrected chi connectivity index (χ0v) is 12.6. The summed E-state index contributed by atoms with van der Waals surface area (Å²) in [5.41, 5.74) is 0.583. The number of carbonyl (C=O) groups excluding carboxylic acids is 1. The van der Waals surface area contributed by atoms with Crippen LogP contribution in [0.1, 0.15) is 39.4 Å². The third kappa shape index (κ3) is 3.93. The van der Waals surface area contributed by atoms with E-state index >= 15 is 0 Å². The topological polar surface area (TPSA) is 54.5 Å². The molecule has 1 aromatic rings. The molecular weight excluding hydrogens is 254 g/mol. The van der Waals surface area contributed by atoms with E-state index in [-0.39, 0.29) is 12.1 Å². The Kier molecular flexibility index (Phi) is 4.28. The van der Waals surface area contributed by atoms with Crippen molar-refractivity contribution >= 4 is 6.09 Å². The van der Waals surface area contributed by atoms with Gasteiger partial charge in [-0.2, -0.15) is 0 Å².